The first kappa shape index (κ1) is 35.8. The van der Waals surface area contributed by atoms with Crippen molar-refractivity contribution in [1.29, 1.82) is 21.0 Å². The minimum Gasteiger partial charge on any atom is -0.456 e. The second kappa shape index (κ2) is 14.2. The Hall–Kier alpha value is -9.34. The lowest BCUT2D eigenvalue weighted by molar-refractivity contribution is 0.664. The standard InChI is InChI=1S/C54H28N6O2/c55-29-33-9-17-37(18-10-33)59(38-19-11-34(30-56)12-20-38)47-27-51-53(43-7-3-1-5-41(43)47)45-25-50-46(26-49(45)61-51)54-44-8-4-2-6-42(44)48(28-52(54)62-50)60(39-21-13-35(31-57)14-22-39)40-23-15-36(32-58)16-24-40/h1-28H. The van der Waals surface area contributed by atoms with Crippen molar-refractivity contribution in [3.05, 3.63) is 192 Å². The fraction of sp³-hybridized carbons (Fsp3) is 0. The van der Waals surface area contributed by atoms with Gasteiger partial charge in [-0.05, 0) is 120 Å². The van der Waals surface area contributed by atoms with Crippen molar-refractivity contribution >= 4 is 99.5 Å². The summed E-state index contributed by atoms with van der Waals surface area (Å²) in [6.07, 6.45) is 0. The SMILES string of the molecule is N#Cc1ccc(N(c2ccc(C#N)cc2)c2cc3oc4cc5c(cc4c3c3ccccc23)oc2cc(N(c3ccc(C#N)cc3)c3ccc(C#N)cc3)c3ccccc3c25)cc1. The van der Waals surface area contributed by atoms with Crippen LogP contribution >= 0.6 is 0 Å². The summed E-state index contributed by atoms with van der Waals surface area (Å²) in [5.41, 5.74) is 10.2. The molecule has 0 aliphatic rings. The van der Waals surface area contributed by atoms with Crippen LogP contribution in [0.3, 0.4) is 0 Å². The molecule has 0 aliphatic carbocycles. The first-order chi connectivity index (χ1) is 30.5. The Morgan fingerprint density at radius 1 is 0.306 bits per heavy atom. The van der Waals surface area contributed by atoms with Crippen LogP contribution in [0.4, 0.5) is 34.1 Å². The van der Waals surface area contributed by atoms with E-state index in [9.17, 15) is 21.0 Å². The Labute approximate surface area is 354 Å². The van der Waals surface area contributed by atoms with E-state index in [0.717, 1.165) is 77.2 Å². The molecule has 11 rings (SSSR count). The largest absolute Gasteiger partial charge is 0.456 e. The summed E-state index contributed by atoms with van der Waals surface area (Å²) < 4.78 is 13.7. The molecule has 9 aromatic carbocycles. The van der Waals surface area contributed by atoms with Gasteiger partial charge < -0.3 is 18.6 Å². The molecule has 0 spiro atoms. The van der Waals surface area contributed by atoms with Crippen LogP contribution in [-0.2, 0) is 0 Å². The molecule has 8 heteroatoms. The van der Waals surface area contributed by atoms with Crippen LogP contribution in [0.5, 0.6) is 0 Å². The second-order valence-corrected chi connectivity index (χ2v) is 15.0. The highest BCUT2D eigenvalue weighted by molar-refractivity contribution is 6.28. The minimum atomic E-state index is 0.557. The number of anilines is 6. The van der Waals surface area contributed by atoms with Gasteiger partial charge in [-0.3, -0.25) is 0 Å². The molecule has 0 saturated carbocycles. The first-order valence-electron chi connectivity index (χ1n) is 19.8. The van der Waals surface area contributed by atoms with Crippen LogP contribution in [0, 0.1) is 45.3 Å². The Bertz CT molecular complexity index is 3410. The molecular formula is C54H28N6O2. The monoisotopic (exact) mass is 792 g/mol. The summed E-state index contributed by atoms with van der Waals surface area (Å²) in [6, 6.07) is 63.5. The summed E-state index contributed by atoms with van der Waals surface area (Å²) in [6.45, 7) is 0. The molecule has 0 saturated heterocycles. The second-order valence-electron chi connectivity index (χ2n) is 15.0. The highest BCUT2D eigenvalue weighted by Gasteiger charge is 2.24. The first-order valence-corrected chi connectivity index (χ1v) is 19.8. The lowest BCUT2D eigenvalue weighted by atomic mass is 9.98. The third-order valence-electron chi connectivity index (χ3n) is 11.5. The zero-order chi connectivity index (χ0) is 41.9. The average Bonchev–Trinajstić information content (AvgIpc) is 3.88. The molecule has 2 aromatic heterocycles. The molecule has 0 bridgehead atoms. The fourth-order valence-electron chi connectivity index (χ4n) is 8.70. The highest BCUT2D eigenvalue weighted by Crippen LogP contribution is 2.48. The van der Waals surface area contributed by atoms with Gasteiger partial charge in [0.1, 0.15) is 22.3 Å². The third-order valence-corrected chi connectivity index (χ3v) is 11.5. The van der Waals surface area contributed by atoms with E-state index in [1.54, 1.807) is 48.5 Å². The zero-order valence-corrected chi connectivity index (χ0v) is 32.7. The molecule has 2 heterocycles. The number of benzene rings is 9. The lowest BCUT2D eigenvalue weighted by Crippen LogP contribution is -2.10. The van der Waals surface area contributed by atoms with E-state index in [4.69, 9.17) is 8.83 Å². The number of fused-ring (bicyclic) bond motifs is 10. The summed E-state index contributed by atoms with van der Waals surface area (Å²) in [5, 5.41) is 46.0. The van der Waals surface area contributed by atoms with E-state index >= 15 is 0 Å². The molecular weight excluding hydrogens is 765 g/mol. The van der Waals surface area contributed by atoms with Gasteiger partial charge in [0, 0.05) is 67.2 Å². The summed E-state index contributed by atoms with van der Waals surface area (Å²) in [7, 11) is 0. The van der Waals surface area contributed by atoms with Crippen LogP contribution in [0.1, 0.15) is 22.3 Å². The van der Waals surface area contributed by atoms with Gasteiger partial charge in [-0.1, -0.05) is 48.5 Å². The smallest absolute Gasteiger partial charge is 0.138 e. The molecule has 62 heavy (non-hydrogen) atoms. The van der Waals surface area contributed by atoms with Gasteiger partial charge in [0.15, 0.2) is 0 Å². The summed E-state index contributed by atoms with van der Waals surface area (Å²) in [5.74, 6) is 0. The van der Waals surface area contributed by atoms with Crippen molar-refractivity contribution in [3.8, 4) is 24.3 Å². The van der Waals surface area contributed by atoms with Gasteiger partial charge in [0.25, 0.3) is 0 Å². The molecule has 0 radical (unpaired) electrons. The number of hydrogen-bond acceptors (Lipinski definition) is 8. The van der Waals surface area contributed by atoms with E-state index in [-0.39, 0.29) is 0 Å². The van der Waals surface area contributed by atoms with Crippen molar-refractivity contribution in [2.75, 3.05) is 9.80 Å². The van der Waals surface area contributed by atoms with Crippen molar-refractivity contribution in [2.45, 2.75) is 0 Å². The van der Waals surface area contributed by atoms with Crippen molar-refractivity contribution in [1.82, 2.24) is 0 Å². The Morgan fingerprint density at radius 3 is 0.887 bits per heavy atom. The van der Waals surface area contributed by atoms with Crippen LogP contribution in [-0.4, -0.2) is 0 Å². The van der Waals surface area contributed by atoms with E-state index < -0.39 is 0 Å². The van der Waals surface area contributed by atoms with E-state index in [2.05, 4.69) is 82.6 Å². The van der Waals surface area contributed by atoms with E-state index in [1.807, 2.05) is 72.8 Å². The van der Waals surface area contributed by atoms with Gasteiger partial charge in [0.05, 0.1) is 57.9 Å². The molecule has 0 fully saturated rings. The number of nitriles is 4. The average molecular weight is 793 g/mol. The number of furan rings is 2. The van der Waals surface area contributed by atoms with Crippen LogP contribution in [0.25, 0.3) is 65.4 Å². The van der Waals surface area contributed by atoms with Crippen LogP contribution < -0.4 is 9.80 Å². The van der Waals surface area contributed by atoms with E-state index in [1.165, 1.54) is 0 Å². The van der Waals surface area contributed by atoms with Gasteiger partial charge in [-0.2, -0.15) is 21.0 Å². The van der Waals surface area contributed by atoms with Gasteiger partial charge in [0.2, 0.25) is 0 Å². The summed E-state index contributed by atoms with van der Waals surface area (Å²) in [4.78, 5) is 4.25. The number of rotatable bonds is 6. The molecule has 286 valence electrons. The van der Waals surface area contributed by atoms with Gasteiger partial charge in [-0.25, -0.2) is 0 Å². The topological polar surface area (TPSA) is 128 Å². The van der Waals surface area contributed by atoms with E-state index in [0.29, 0.717) is 44.6 Å². The van der Waals surface area contributed by atoms with Crippen molar-refractivity contribution < 1.29 is 8.83 Å². The molecule has 0 amide bonds. The predicted molar refractivity (Wildman–Crippen MR) is 244 cm³/mol. The molecule has 0 unspecified atom stereocenters. The number of hydrogen-bond donors (Lipinski definition) is 0. The molecule has 8 nitrogen and oxygen atoms in total. The van der Waals surface area contributed by atoms with Gasteiger partial charge >= 0.3 is 0 Å². The van der Waals surface area contributed by atoms with Crippen LogP contribution in [0.15, 0.2) is 179 Å². The Balaban J connectivity index is 1.14. The quantitative estimate of drug-likeness (QED) is 0.163. The third kappa shape index (κ3) is 5.65. The molecule has 0 N–H and O–H groups in total. The molecule has 0 atom stereocenters. The fourth-order valence-corrected chi connectivity index (χ4v) is 8.70. The Kier molecular flexibility index (Phi) is 8.19. The van der Waals surface area contributed by atoms with Crippen molar-refractivity contribution in [2.24, 2.45) is 0 Å². The lowest BCUT2D eigenvalue weighted by Gasteiger charge is -2.27. The van der Waals surface area contributed by atoms with Crippen molar-refractivity contribution in [3.63, 3.8) is 0 Å². The minimum absolute atomic E-state index is 0.557. The zero-order valence-electron chi connectivity index (χ0n) is 32.7. The summed E-state index contributed by atoms with van der Waals surface area (Å²) >= 11 is 0. The highest BCUT2D eigenvalue weighted by atomic mass is 16.3. The predicted octanol–water partition coefficient (Wildman–Crippen LogP) is 14.2. The molecule has 11 aromatic rings. The maximum Gasteiger partial charge on any atom is 0.138 e. The van der Waals surface area contributed by atoms with Gasteiger partial charge in [-0.15, -0.1) is 0 Å². The molecule has 0 aliphatic heterocycles. The number of nitrogens with zero attached hydrogens (tertiary/aromatic N) is 6. The van der Waals surface area contributed by atoms with Crippen LogP contribution in [0.2, 0.25) is 0 Å². The maximum atomic E-state index is 9.57. The Morgan fingerprint density at radius 2 is 0.597 bits per heavy atom. The normalized spacial score (nSPS) is 11.2. The maximum absolute atomic E-state index is 9.57.